The second kappa shape index (κ2) is 3.81. The second-order valence-electron chi connectivity index (χ2n) is 2.39. The molecule has 0 aliphatic carbocycles. The van der Waals surface area contributed by atoms with Crippen molar-refractivity contribution in [2.24, 2.45) is 0 Å². The van der Waals surface area contributed by atoms with E-state index in [0.29, 0.717) is 0 Å². The zero-order valence-corrected chi connectivity index (χ0v) is 7.06. The van der Waals surface area contributed by atoms with Gasteiger partial charge in [0.15, 0.2) is 0 Å². The van der Waals surface area contributed by atoms with E-state index in [1.165, 1.54) is 18.3 Å². The molecule has 0 radical (unpaired) electrons. The number of pyridine rings is 1. The van der Waals surface area contributed by atoms with Gasteiger partial charge in [0.1, 0.15) is 0 Å². The monoisotopic (exact) mass is 191 g/mol. The lowest BCUT2D eigenvalue weighted by Crippen LogP contribution is -2.13. The third kappa shape index (κ3) is 2.14. The minimum absolute atomic E-state index is 0.0537. The largest absolute Gasteiger partial charge is 0.275 e. The normalized spacial score (nSPS) is 11.6. The van der Waals surface area contributed by atoms with Crippen LogP contribution in [0.5, 0.6) is 0 Å². The molecule has 0 bridgehead atoms. The van der Waals surface area contributed by atoms with E-state index in [4.69, 9.17) is 11.6 Å². The first kappa shape index (κ1) is 9.39. The minimum atomic E-state index is -2.85. The van der Waals surface area contributed by atoms with Crippen LogP contribution < -0.4 is 0 Å². The fourth-order valence-corrected chi connectivity index (χ4v) is 1.08. The Morgan fingerprint density at radius 2 is 2.25 bits per heavy atom. The zero-order valence-electron chi connectivity index (χ0n) is 6.30. The lowest BCUT2D eigenvalue weighted by atomic mass is 10.1. The Morgan fingerprint density at radius 3 is 2.75 bits per heavy atom. The Kier molecular flexibility index (Phi) is 2.98. The Balaban J connectivity index is 2.82. The van der Waals surface area contributed by atoms with E-state index in [0.717, 1.165) is 6.20 Å². The summed E-state index contributed by atoms with van der Waals surface area (Å²) in [5, 5.41) is 0. The molecule has 1 heterocycles. The topological polar surface area (TPSA) is 12.9 Å². The number of rotatable bonds is 3. The standard InChI is InChI=1S/C8H8ClF2N/c9-4-3-8(10,11)7-2-1-5-12-6-7/h1-2,5-6H,3-4H2. The fourth-order valence-electron chi connectivity index (χ4n) is 0.842. The molecular weight excluding hydrogens is 184 g/mol. The molecular formula is C8H8ClF2N. The molecule has 0 unspecified atom stereocenters. The van der Waals surface area contributed by atoms with Gasteiger partial charge in [-0.1, -0.05) is 0 Å². The van der Waals surface area contributed by atoms with Crippen molar-refractivity contribution in [2.45, 2.75) is 12.3 Å². The van der Waals surface area contributed by atoms with Gasteiger partial charge in [-0.3, -0.25) is 4.98 Å². The highest BCUT2D eigenvalue weighted by Gasteiger charge is 2.30. The molecule has 0 spiro atoms. The van der Waals surface area contributed by atoms with E-state index >= 15 is 0 Å². The average molecular weight is 192 g/mol. The first-order valence-electron chi connectivity index (χ1n) is 3.51. The predicted octanol–water partition coefficient (Wildman–Crippen LogP) is 2.80. The van der Waals surface area contributed by atoms with Crippen molar-refractivity contribution < 1.29 is 8.78 Å². The molecule has 0 N–H and O–H groups in total. The van der Waals surface area contributed by atoms with E-state index in [1.54, 1.807) is 0 Å². The summed E-state index contributed by atoms with van der Waals surface area (Å²) in [5.74, 6) is -2.90. The van der Waals surface area contributed by atoms with E-state index in [1.807, 2.05) is 0 Å². The van der Waals surface area contributed by atoms with Gasteiger partial charge in [-0.25, -0.2) is 8.78 Å². The summed E-state index contributed by atoms with van der Waals surface area (Å²) in [7, 11) is 0. The summed E-state index contributed by atoms with van der Waals surface area (Å²) in [5.41, 5.74) is -0.0781. The van der Waals surface area contributed by atoms with Crippen LogP contribution in [0.4, 0.5) is 8.78 Å². The molecule has 1 nitrogen and oxygen atoms in total. The van der Waals surface area contributed by atoms with E-state index in [-0.39, 0.29) is 17.9 Å². The van der Waals surface area contributed by atoms with Crippen molar-refractivity contribution in [1.29, 1.82) is 0 Å². The molecule has 0 fully saturated rings. The van der Waals surface area contributed by atoms with Gasteiger partial charge < -0.3 is 0 Å². The molecule has 0 amide bonds. The van der Waals surface area contributed by atoms with Crippen LogP contribution in [0, 0.1) is 0 Å². The average Bonchev–Trinajstić information content (AvgIpc) is 2.06. The van der Waals surface area contributed by atoms with Gasteiger partial charge >= 0.3 is 0 Å². The molecule has 1 aromatic rings. The van der Waals surface area contributed by atoms with Crippen LogP contribution >= 0.6 is 11.6 Å². The van der Waals surface area contributed by atoms with Crippen molar-refractivity contribution in [2.75, 3.05) is 5.88 Å². The number of hydrogen-bond donors (Lipinski definition) is 0. The molecule has 4 heteroatoms. The summed E-state index contributed by atoms with van der Waals surface area (Å²) in [6.45, 7) is 0. The Bertz CT molecular complexity index is 238. The highest BCUT2D eigenvalue weighted by molar-refractivity contribution is 6.17. The van der Waals surface area contributed by atoms with Crippen LogP contribution in [0.15, 0.2) is 24.5 Å². The number of aromatic nitrogens is 1. The van der Waals surface area contributed by atoms with Gasteiger partial charge in [0.25, 0.3) is 5.92 Å². The molecule has 0 aliphatic rings. The maximum absolute atomic E-state index is 13.0. The first-order valence-corrected chi connectivity index (χ1v) is 4.04. The van der Waals surface area contributed by atoms with Crippen LogP contribution in [0.3, 0.4) is 0 Å². The second-order valence-corrected chi connectivity index (χ2v) is 2.76. The highest BCUT2D eigenvalue weighted by atomic mass is 35.5. The van der Waals surface area contributed by atoms with Crippen LogP contribution in [0.25, 0.3) is 0 Å². The molecule has 0 saturated heterocycles. The molecule has 0 saturated carbocycles. The van der Waals surface area contributed by atoms with Gasteiger partial charge in [0, 0.05) is 30.3 Å². The third-order valence-corrected chi connectivity index (χ3v) is 1.68. The molecule has 0 aromatic carbocycles. The fraction of sp³-hybridized carbons (Fsp3) is 0.375. The molecule has 1 aromatic heterocycles. The van der Waals surface area contributed by atoms with Gasteiger partial charge in [0.2, 0.25) is 0 Å². The smallest absolute Gasteiger partial charge is 0.264 e. The quantitative estimate of drug-likeness (QED) is 0.670. The maximum atomic E-state index is 13.0. The lowest BCUT2D eigenvalue weighted by Gasteiger charge is -2.13. The Hall–Kier alpha value is -0.700. The van der Waals surface area contributed by atoms with Gasteiger partial charge in [-0.15, -0.1) is 11.6 Å². The van der Waals surface area contributed by atoms with Crippen molar-refractivity contribution in [3.05, 3.63) is 30.1 Å². The number of nitrogens with zero attached hydrogens (tertiary/aromatic N) is 1. The molecule has 1 rings (SSSR count). The molecule has 12 heavy (non-hydrogen) atoms. The minimum Gasteiger partial charge on any atom is -0.264 e. The SMILES string of the molecule is FC(F)(CCCl)c1cccnc1. The Labute approximate surface area is 74.4 Å². The summed E-state index contributed by atoms with van der Waals surface area (Å²) < 4.78 is 26.1. The van der Waals surface area contributed by atoms with Crippen LogP contribution in [0.1, 0.15) is 12.0 Å². The van der Waals surface area contributed by atoms with Crippen molar-refractivity contribution in [1.82, 2.24) is 4.98 Å². The molecule has 66 valence electrons. The van der Waals surface area contributed by atoms with E-state index in [2.05, 4.69) is 4.98 Å². The maximum Gasteiger partial charge on any atom is 0.275 e. The number of alkyl halides is 3. The van der Waals surface area contributed by atoms with Crippen molar-refractivity contribution in [3.8, 4) is 0 Å². The van der Waals surface area contributed by atoms with Crippen LogP contribution in [0.2, 0.25) is 0 Å². The lowest BCUT2D eigenvalue weighted by molar-refractivity contribution is -0.00766. The van der Waals surface area contributed by atoms with Gasteiger partial charge in [-0.05, 0) is 12.1 Å². The Morgan fingerprint density at radius 1 is 1.50 bits per heavy atom. The zero-order chi connectivity index (χ0) is 9.03. The first-order chi connectivity index (χ1) is 5.67. The molecule has 0 aliphatic heterocycles. The summed E-state index contributed by atoms with van der Waals surface area (Å²) in [6, 6.07) is 2.83. The summed E-state index contributed by atoms with van der Waals surface area (Å²) >= 11 is 5.24. The summed E-state index contributed by atoms with van der Waals surface area (Å²) in [4.78, 5) is 3.61. The number of hydrogen-bond acceptors (Lipinski definition) is 1. The van der Waals surface area contributed by atoms with E-state index < -0.39 is 5.92 Å². The summed E-state index contributed by atoms with van der Waals surface area (Å²) in [6.07, 6.45) is 2.27. The number of halogens is 3. The van der Waals surface area contributed by atoms with Crippen molar-refractivity contribution >= 4 is 11.6 Å². The predicted molar refractivity (Wildman–Crippen MR) is 43.5 cm³/mol. The van der Waals surface area contributed by atoms with Gasteiger partial charge in [-0.2, -0.15) is 0 Å². The highest BCUT2D eigenvalue weighted by Crippen LogP contribution is 2.30. The van der Waals surface area contributed by atoms with Crippen LogP contribution in [-0.2, 0) is 5.92 Å². The molecule has 0 atom stereocenters. The van der Waals surface area contributed by atoms with Gasteiger partial charge in [0.05, 0.1) is 0 Å². The van der Waals surface area contributed by atoms with Crippen LogP contribution in [-0.4, -0.2) is 10.9 Å². The van der Waals surface area contributed by atoms with E-state index in [9.17, 15) is 8.78 Å². The van der Waals surface area contributed by atoms with Crippen molar-refractivity contribution in [3.63, 3.8) is 0 Å². The third-order valence-electron chi connectivity index (χ3n) is 1.49.